The Morgan fingerprint density at radius 3 is 2.74 bits per heavy atom. The lowest BCUT2D eigenvalue weighted by atomic mass is 9.46. The summed E-state index contributed by atoms with van der Waals surface area (Å²) in [5.74, 6) is 2.81. The SMILES string of the molecule is CC1(O)C(Cl)=CC[C@H]2[C@@H]3CCC4=CC(=O)CC[C@@H]4[C@H]3CC[C@@]21C. The standard InChI is InChI=1S/C20H27ClO2/c1-19-10-9-15-14-6-4-13(22)11-12(14)3-5-16(15)17(19)7-8-18(21)20(19,2)23/h8,11,14-17,23H,3-7,9-10H2,1-2H3/t14-,15+,16+,17-,19-,20?/m0/s1. The number of hydrogen-bond acceptors (Lipinski definition) is 2. The van der Waals surface area contributed by atoms with Crippen LogP contribution in [-0.4, -0.2) is 16.5 Å². The third-order valence-electron chi connectivity index (χ3n) is 7.82. The Bertz CT molecular complexity index is 603. The maximum atomic E-state index is 11.7. The molecule has 2 nitrogen and oxygen atoms in total. The second-order valence-electron chi connectivity index (χ2n) is 8.62. The molecule has 23 heavy (non-hydrogen) atoms. The average Bonchev–Trinajstić information content (AvgIpc) is 2.51. The minimum absolute atomic E-state index is 0.119. The molecule has 4 aliphatic carbocycles. The van der Waals surface area contributed by atoms with E-state index in [0.29, 0.717) is 34.5 Å². The van der Waals surface area contributed by atoms with E-state index in [1.807, 2.05) is 13.0 Å². The summed E-state index contributed by atoms with van der Waals surface area (Å²) in [5.41, 5.74) is 0.398. The van der Waals surface area contributed by atoms with E-state index in [9.17, 15) is 9.90 Å². The van der Waals surface area contributed by atoms with Crippen LogP contribution in [0.2, 0.25) is 0 Å². The third kappa shape index (κ3) is 2.14. The van der Waals surface area contributed by atoms with Crippen molar-refractivity contribution in [3.63, 3.8) is 0 Å². The first-order chi connectivity index (χ1) is 10.8. The van der Waals surface area contributed by atoms with Crippen LogP contribution in [0.4, 0.5) is 0 Å². The first-order valence-corrected chi connectivity index (χ1v) is 9.54. The van der Waals surface area contributed by atoms with Crippen molar-refractivity contribution in [2.24, 2.45) is 29.1 Å². The zero-order valence-electron chi connectivity index (χ0n) is 14.1. The quantitative estimate of drug-likeness (QED) is 0.702. The fourth-order valence-corrected chi connectivity index (χ4v) is 6.55. The van der Waals surface area contributed by atoms with Crippen molar-refractivity contribution in [2.45, 2.75) is 64.4 Å². The molecule has 3 heteroatoms. The van der Waals surface area contributed by atoms with Crippen LogP contribution in [0.3, 0.4) is 0 Å². The summed E-state index contributed by atoms with van der Waals surface area (Å²) in [6.07, 6.45) is 11.2. The summed E-state index contributed by atoms with van der Waals surface area (Å²) in [4.78, 5) is 11.7. The summed E-state index contributed by atoms with van der Waals surface area (Å²) in [6.45, 7) is 4.16. The van der Waals surface area contributed by atoms with Crippen LogP contribution in [0.25, 0.3) is 0 Å². The van der Waals surface area contributed by atoms with Crippen LogP contribution in [0.1, 0.15) is 58.8 Å². The lowest BCUT2D eigenvalue weighted by Crippen LogP contribution is -2.58. The van der Waals surface area contributed by atoms with Gasteiger partial charge in [0, 0.05) is 16.9 Å². The van der Waals surface area contributed by atoms with Gasteiger partial charge < -0.3 is 5.11 Å². The van der Waals surface area contributed by atoms with Crippen LogP contribution in [-0.2, 0) is 4.79 Å². The highest BCUT2D eigenvalue weighted by Gasteiger charge is 2.59. The summed E-state index contributed by atoms with van der Waals surface area (Å²) in [6, 6.07) is 0. The molecule has 0 bridgehead atoms. The second kappa shape index (κ2) is 5.20. The molecule has 0 aromatic rings. The summed E-state index contributed by atoms with van der Waals surface area (Å²) in [7, 11) is 0. The number of carbonyl (C=O) groups is 1. The summed E-state index contributed by atoms with van der Waals surface area (Å²) < 4.78 is 0. The van der Waals surface area contributed by atoms with Gasteiger partial charge in [0.15, 0.2) is 5.78 Å². The smallest absolute Gasteiger partial charge is 0.155 e. The van der Waals surface area contributed by atoms with Crippen LogP contribution in [0.5, 0.6) is 0 Å². The molecule has 2 saturated carbocycles. The summed E-state index contributed by atoms with van der Waals surface area (Å²) in [5, 5.41) is 11.7. The van der Waals surface area contributed by atoms with E-state index in [0.717, 1.165) is 38.5 Å². The molecule has 0 saturated heterocycles. The lowest BCUT2D eigenvalue weighted by Gasteiger charge is -2.60. The molecule has 0 aliphatic heterocycles. The average molecular weight is 335 g/mol. The maximum Gasteiger partial charge on any atom is 0.155 e. The molecule has 0 aromatic carbocycles. The van der Waals surface area contributed by atoms with E-state index in [1.165, 1.54) is 12.0 Å². The van der Waals surface area contributed by atoms with Crippen molar-refractivity contribution in [1.82, 2.24) is 0 Å². The highest BCUT2D eigenvalue weighted by Crippen LogP contribution is 2.63. The van der Waals surface area contributed by atoms with Gasteiger partial charge in [-0.2, -0.15) is 0 Å². The largest absolute Gasteiger partial charge is 0.384 e. The van der Waals surface area contributed by atoms with E-state index in [-0.39, 0.29) is 5.41 Å². The Morgan fingerprint density at radius 1 is 1.17 bits per heavy atom. The van der Waals surface area contributed by atoms with Crippen molar-refractivity contribution < 1.29 is 9.90 Å². The third-order valence-corrected chi connectivity index (χ3v) is 8.34. The van der Waals surface area contributed by atoms with Gasteiger partial charge in [0.05, 0.1) is 0 Å². The number of aliphatic hydroxyl groups is 1. The highest BCUT2D eigenvalue weighted by molar-refractivity contribution is 6.30. The fourth-order valence-electron chi connectivity index (χ4n) is 6.24. The van der Waals surface area contributed by atoms with Gasteiger partial charge in [-0.25, -0.2) is 0 Å². The number of allylic oxidation sites excluding steroid dienone is 3. The molecular weight excluding hydrogens is 308 g/mol. The minimum atomic E-state index is -0.902. The predicted molar refractivity (Wildman–Crippen MR) is 92.0 cm³/mol. The number of ketones is 1. The molecule has 126 valence electrons. The van der Waals surface area contributed by atoms with Gasteiger partial charge in [-0.15, -0.1) is 0 Å². The van der Waals surface area contributed by atoms with Gasteiger partial charge in [0.25, 0.3) is 0 Å². The molecule has 1 N–H and O–H groups in total. The van der Waals surface area contributed by atoms with Crippen LogP contribution in [0, 0.1) is 29.1 Å². The van der Waals surface area contributed by atoms with Gasteiger partial charge >= 0.3 is 0 Å². The van der Waals surface area contributed by atoms with Crippen molar-refractivity contribution in [1.29, 1.82) is 0 Å². The van der Waals surface area contributed by atoms with E-state index in [2.05, 4.69) is 13.0 Å². The Hall–Kier alpha value is -0.600. The Kier molecular flexibility index (Phi) is 3.59. The van der Waals surface area contributed by atoms with E-state index in [1.54, 1.807) is 0 Å². The van der Waals surface area contributed by atoms with Crippen LogP contribution in [0.15, 0.2) is 22.8 Å². The highest BCUT2D eigenvalue weighted by atomic mass is 35.5. The van der Waals surface area contributed by atoms with Crippen LogP contribution < -0.4 is 0 Å². The van der Waals surface area contributed by atoms with Crippen molar-refractivity contribution in [3.05, 3.63) is 22.8 Å². The Morgan fingerprint density at radius 2 is 1.96 bits per heavy atom. The predicted octanol–water partition coefficient (Wildman–Crippen LogP) is 4.61. The molecule has 0 amide bonds. The van der Waals surface area contributed by atoms with Gasteiger partial charge in [-0.1, -0.05) is 30.2 Å². The number of hydrogen-bond donors (Lipinski definition) is 1. The molecule has 0 heterocycles. The van der Waals surface area contributed by atoms with E-state index in [4.69, 9.17) is 11.6 Å². The van der Waals surface area contributed by atoms with Crippen molar-refractivity contribution in [3.8, 4) is 0 Å². The molecule has 0 spiro atoms. The van der Waals surface area contributed by atoms with Crippen molar-refractivity contribution >= 4 is 17.4 Å². The topological polar surface area (TPSA) is 37.3 Å². The van der Waals surface area contributed by atoms with Crippen molar-refractivity contribution in [2.75, 3.05) is 0 Å². The molecule has 1 unspecified atom stereocenters. The molecule has 0 aromatic heterocycles. The summed E-state index contributed by atoms with van der Waals surface area (Å²) >= 11 is 6.38. The number of carbonyl (C=O) groups excluding carboxylic acids is 1. The maximum absolute atomic E-state index is 11.7. The van der Waals surface area contributed by atoms with Gasteiger partial charge in [-0.05, 0) is 75.2 Å². The number of fused-ring (bicyclic) bond motifs is 5. The minimum Gasteiger partial charge on any atom is -0.384 e. The van der Waals surface area contributed by atoms with Gasteiger partial charge in [-0.3, -0.25) is 4.79 Å². The fraction of sp³-hybridized carbons (Fsp3) is 0.750. The van der Waals surface area contributed by atoms with E-state index < -0.39 is 5.60 Å². The molecular formula is C20H27ClO2. The molecule has 4 rings (SSSR count). The zero-order chi connectivity index (χ0) is 16.4. The Balaban J connectivity index is 1.68. The molecule has 6 atom stereocenters. The van der Waals surface area contributed by atoms with Gasteiger partial charge in [0.2, 0.25) is 0 Å². The lowest BCUT2D eigenvalue weighted by molar-refractivity contribution is -0.133. The Labute approximate surface area is 144 Å². The molecule has 0 radical (unpaired) electrons. The van der Waals surface area contributed by atoms with E-state index >= 15 is 0 Å². The monoisotopic (exact) mass is 334 g/mol. The normalized spacial score (nSPS) is 49.5. The second-order valence-corrected chi connectivity index (χ2v) is 9.03. The first kappa shape index (κ1) is 15.9. The zero-order valence-corrected chi connectivity index (χ0v) is 14.9. The molecule has 2 fully saturated rings. The number of rotatable bonds is 0. The molecule has 4 aliphatic rings. The number of halogens is 1. The van der Waals surface area contributed by atoms with Crippen LogP contribution >= 0.6 is 11.6 Å². The van der Waals surface area contributed by atoms with Gasteiger partial charge in [0.1, 0.15) is 5.60 Å². The first-order valence-electron chi connectivity index (χ1n) is 9.16.